The molecule has 2 heteroatoms. The Hall–Kier alpha value is -1.15. The number of aryl methyl sites for hydroxylation is 1. The number of hydrogen-bond acceptors (Lipinski definition) is 2. The van der Waals surface area contributed by atoms with Gasteiger partial charge in [0.15, 0.2) is 0 Å². The lowest BCUT2D eigenvalue weighted by molar-refractivity contribution is -0.116. The highest BCUT2D eigenvalue weighted by Gasteiger charge is 1.97. The van der Waals surface area contributed by atoms with E-state index in [0.717, 1.165) is 17.5 Å². The standard InChI is InChI=1S/C11H14O2/c1-9(13)5-6-10-3-2-4-11(7-10)8-12/h2-4,7,12H,5-6,8H2,1H3. The maximum Gasteiger partial charge on any atom is 0.130 e. The fourth-order valence-electron chi connectivity index (χ4n) is 1.20. The minimum Gasteiger partial charge on any atom is -0.392 e. The van der Waals surface area contributed by atoms with Crippen LogP contribution in [-0.4, -0.2) is 10.9 Å². The van der Waals surface area contributed by atoms with Crippen LogP contribution in [0, 0.1) is 0 Å². The van der Waals surface area contributed by atoms with Gasteiger partial charge in [0.1, 0.15) is 5.78 Å². The van der Waals surface area contributed by atoms with E-state index in [4.69, 9.17) is 5.11 Å². The van der Waals surface area contributed by atoms with Crippen LogP contribution in [0.4, 0.5) is 0 Å². The number of hydrogen-bond donors (Lipinski definition) is 1. The third-order valence-electron chi connectivity index (χ3n) is 1.94. The molecule has 70 valence electrons. The first-order chi connectivity index (χ1) is 6.22. The first-order valence-corrected chi connectivity index (χ1v) is 4.40. The Morgan fingerprint density at radius 1 is 1.38 bits per heavy atom. The quantitative estimate of drug-likeness (QED) is 0.762. The Bertz CT molecular complexity index is 292. The van der Waals surface area contributed by atoms with Crippen LogP contribution in [0.25, 0.3) is 0 Å². The van der Waals surface area contributed by atoms with Gasteiger partial charge >= 0.3 is 0 Å². The summed E-state index contributed by atoms with van der Waals surface area (Å²) in [6.45, 7) is 1.66. The molecule has 0 aromatic heterocycles. The van der Waals surface area contributed by atoms with Crippen molar-refractivity contribution in [3.8, 4) is 0 Å². The van der Waals surface area contributed by atoms with E-state index in [1.54, 1.807) is 6.92 Å². The van der Waals surface area contributed by atoms with E-state index < -0.39 is 0 Å². The summed E-state index contributed by atoms with van der Waals surface area (Å²) in [6, 6.07) is 7.68. The molecule has 0 amide bonds. The van der Waals surface area contributed by atoms with Gasteiger partial charge in [0, 0.05) is 6.42 Å². The monoisotopic (exact) mass is 178 g/mol. The second-order valence-corrected chi connectivity index (χ2v) is 3.18. The van der Waals surface area contributed by atoms with E-state index in [0.29, 0.717) is 6.42 Å². The third-order valence-corrected chi connectivity index (χ3v) is 1.94. The Labute approximate surface area is 78.2 Å². The first-order valence-electron chi connectivity index (χ1n) is 4.40. The minimum atomic E-state index is 0.0634. The van der Waals surface area contributed by atoms with Crippen molar-refractivity contribution in [3.05, 3.63) is 35.4 Å². The molecule has 0 aliphatic carbocycles. The molecule has 0 saturated heterocycles. The Kier molecular flexibility index (Phi) is 3.65. The van der Waals surface area contributed by atoms with Gasteiger partial charge in [-0.3, -0.25) is 0 Å². The molecule has 1 aromatic rings. The fraction of sp³-hybridized carbons (Fsp3) is 0.364. The molecule has 0 saturated carbocycles. The topological polar surface area (TPSA) is 37.3 Å². The zero-order valence-corrected chi connectivity index (χ0v) is 7.79. The Morgan fingerprint density at radius 3 is 2.69 bits per heavy atom. The lowest BCUT2D eigenvalue weighted by Crippen LogP contribution is -1.94. The Morgan fingerprint density at radius 2 is 2.08 bits per heavy atom. The predicted octanol–water partition coefficient (Wildman–Crippen LogP) is 1.70. The van der Waals surface area contributed by atoms with Crippen molar-refractivity contribution < 1.29 is 9.90 Å². The van der Waals surface area contributed by atoms with Gasteiger partial charge in [-0.2, -0.15) is 0 Å². The van der Waals surface area contributed by atoms with Crippen LogP contribution < -0.4 is 0 Å². The Balaban J connectivity index is 2.61. The molecule has 0 bridgehead atoms. The summed E-state index contributed by atoms with van der Waals surface area (Å²) >= 11 is 0. The summed E-state index contributed by atoms with van der Waals surface area (Å²) in [5.41, 5.74) is 2.02. The lowest BCUT2D eigenvalue weighted by atomic mass is 10.1. The summed E-state index contributed by atoms with van der Waals surface area (Å²) < 4.78 is 0. The van der Waals surface area contributed by atoms with Crippen LogP contribution in [0.15, 0.2) is 24.3 Å². The predicted molar refractivity (Wildman–Crippen MR) is 51.4 cm³/mol. The normalized spacial score (nSPS) is 10.0. The lowest BCUT2D eigenvalue weighted by Gasteiger charge is -2.01. The molecule has 0 atom stereocenters. The zero-order valence-electron chi connectivity index (χ0n) is 7.79. The van der Waals surface area contributed by atoms with Crippen molar-refractivity contribution in [3.63, 3.8) is 0 Å². The number of Topliss-reactive ketones (excluding diaryl/α,β-unsaturated/α-hetero) is 1. The van der Waals surface area contributed by atoms with E-state index >= 15 is 0 Å². The average molecular weight is 178 g/mol. The molecule has 0 fully saturated rings. The number of benzene rings is 1. The number of rotatable bonds is 4. The summed E-state index contributed by atoms with van der Waals surface area (Å²) in [4.78, 5) is 10.7. The van der Waals surface area contributed by atoms with Crippen LogP contribution >= 0.6 is 0 Å². The average Bonchev–Trinajstić information content (AvgIpc) is 2.15. The molecule has 0 aliphatic rings. The number of carbonyl (C=O) groups excluding carboxylic acids is 1. The van der Waals surface area contributed by atoms with Crippen molar-refractivity contribution in [2.24, 2.45) is 0 Å². The number of ketones is 1. The largest absolute Gasteiger partial charge is 0.392 e. The van der Waals surface area contributed by atoms with Crippen molar-refractivity contribution in [1.29, 1.82) is 0 Å². The molecule has 0 aliphatic heterocycles. The van der Waals surface area contributed by atoms with E-state index in [1.807, 2.05) is 24.3 Å². The van der Waals surface area contributed by atoms with Gasteiger partial charge < -0.3 is 9.90 Å². The van der Waals surface area contributed by atoms with Gasteiger partial charge in [-0.1, -0.05) is 24.3 Å². The molecule has 0 radical (unpaired) electrons. The molecule has 13 heavy (non-hydrogen) atoms. The van der Waals surface area contributed by atoms with Gasteiger partial charge in [-0.05, 0) is 24.5 Å². The first kappa shape index (κ1) is 9.93. The van der Waals surface area contributed by atoms with Crippen molar-refractivity contribution in [2.45, 2.75) is 26.4 Å². The van der Waals surface area contributed by atoms with Crippen LogP contribution in [0.1, 0.15) is 24.5 Å². The van der Waals surface area contributed by atoms with E-state index in [9.17, 15) is 4.79 Å². The van der Waals surface area contributed by atoms with Crippen LogP contribution in [0.2, 0.25) is 0 Å². The van der Waals surface area contributed by atoms with Crippen LogP contribution in [0.5, 0.6) is 0 Å². The van der Waals surface area contributed by atoms with Crippen molar-refractivity contribution >= 4 is 5.78 Å². The highest BCUT2D eigenvalue weighted by Crippen LogP contribution is 2.07. The van der Waals surface area contributed by atoms with Crippen LogP contribution in [0.3, 0.4) is 0 Å². The second-order valence-electron chi connectivity index (χ2n) is 3.18. The van der Waals surface area contributed by atoms with Crippen molar-refractivity contribution in [2.75, 3.05) is 0 Å². The summed E-state index contributed by atoms with van der Waals surface area (Å²) in [5.74, 6) is 0.203. The minimum absolute atomic E-state index is 0.0634. The van der Waals surface area contributed by atoms with Gasteiger partial charge in [0.25, 0.3) is 0 Å². The molecule has 0 heterocycles. The molecule has 0 spiro atoms. The molecule has 2 nitrogen and oxygen atoms in total. The highest BCUT2D eigenvalue weighted by atomic mass is 16.3. The SMILES string of the molecule is CC(=O)CCc1cccc(CO)c1. The second kappa shape index (κ2) is 4.77. The van der Waals surface area contributed by atoms with Gasteiger partial charge in [0.2, 0.25) is 0 Å². The molecule has 0 unspecified atom stereocenters. The number of carbonyl (C=O) groups is 1. The molecular formula is C11H14O2. The number of aliphatic hydroxyl groups excluding tert-OH is 1. The smallest absolute Gasteiger partial charge is 0.130 e. The third kappa shape index (κ3) is 3.38. The molecule has 1 aromatic carbocycles. The molecular weight excluding hydrogens is 164 g/mol. The fourth-order valence-corrected chi connectivity index (χ4v) is 1.20. The van der Waals surface area contributed by atoms with E-state index in [-0.39, 0.29) is 12.4 Å². The maximum atomic E-state index is 10.7. The summed E-state index contributed by atoms with van der Waals surface area (Å²) in [7, 11) is 0. The molecule has 1 rings (SSSR count). The van der Waals surface area contributed by atoms with Crippen LogP contribution in [-0.2, 0) is 17.8 Å². The highest BCUT2D eigenvalue weighted by molar-refractivity contribution is 5.75. The maximum absolute atomic E-state index is 10.7. The van der Waals surface area contributed by atoms with Gasteiger partial charge in [-0.25, -0.2) is 0 Å². The molecule has 1 N–H and O–H groups in total. The number of aliphatic hydroxyl groups is 1. The van der Waals surface area contributed by atoms with Gasteiger partial charge in [0.05, 0.1) is 6.61 Å². The summed E-state index contributed by atoms with van der Waals surface area (Å²) in [5, 5.41) is 8.87. The van der Waals surface area contributed by atoms with Gasteiger partial charge in [-0.15, -0.1) is 0 Å². The van der Waals surface area contributed by atoms with E-state index in [1.165, 1.54) is 0 Å². The van der Waals surface area contributed by atoms with E-state index in [2.05, 4.69) is 0 Å². The van der Waals surface area contributed by atoms with Crippen molar-refractivity contribution in [1.82, 2.24) is 0 Å². The summed E-state index contributed by atoms with van der Waals surface area (Å²) in [6.07, 6.45) is 1.35. The zero-order chi connectivity index (χ0) is 9.68.